The van der Waals surface area contributed by atoms with Gasteiger partial charge in [0.1, 0.15) is 5.70 Å². The fourth-order valence-electron chi connectivity index (χ4n) is 1.97. The van der Waals surface area contributed by atoms with Gasteiger partial charge in [0.2, 0.25) is 0 Å². The van der Waals surface area contributed by atoms with Crippen LogP contribution in [0.25, 0.3) is 0 Å². The van der Waals surface area contributed by atoms with Crippen LogP contribution in [0.4, 0.5) is 24.5 Å². The van der Waals surface area contributed by atoms with E-state index in [9.17, 15) is 13.2 Å². The molecule has 2 nitrogen and oxygen atoms in total. The van der Waals surface area contributed by atoms with Crippen molar-refractivity contribution >= 4 is 17.6 Å². The first-order valence-electron chi connectivity index (χ1n) is 7.08. The first kappa shape index (κ1) is 16.8. The summed E-state index contributed by atoms with van der Waals surface area (Å²) in [6, 6.07) is 14.1. The van der Waals surface area contributed by atoms with Gasteiger partial charge in [0.05, 0.1) is 5.69 Å². The molecule has 5 heteroatoms. The highest BCUT2D eigenvalue weighted by molar-refractivity contribution is 5.77. The van der Waals surface area contributed by atoms with Gasteiger partial charge >= 0.3 is 6.18 Å². The molecule has 2 aromatic carbocycles. The minimum atomic E-state index is -4.49. The van der Waals surface area contributed by atoms with Gasteiger partial charge in [-0.25, -0.2) is 0 Å². The Hall–Kier alpha value is -2.56. The smallest absolute Gasteiger partial charge is 0.351 e. The summed E-state index contributed by atoms with van der Waals surface area (Å²) in [5, 5.41) is 2.43. The molecule has 0 aromatic heterocycles. The highest BCUT2D eigenvalue weighted by atomic mass is 19.4. The van der Waals surface area contributed by atoms with Gasteiger partial charge in [-0.15, -0.1) is 0 Å². The quantitative estimate of drug-likeness (QED) is 0.733. The Labute approximate surface area is 133 Å². The van der Waals surface area contributed by atoms with Crippen LogP contribution in [0.3, 0.4) is 0 Å². The summed E-state index contributed by atoms with van der Waals surface area (Å²) in [5.41, 5.74) is 1.83. The number of nitrogens with one attached hydrogen (secondary N) is 1. The van der Waals surface area contributed by atoms with Crippen molar-refractivity contribution in [3.8, 4) is 0 Å². The van der Waals surface area contributed by atoms with E-state index in [1.165, 1.54) is 0 Å². The molecule has 0 saturated heterocycles. The summed E-state index contributed by atoms with van der Waals surface area (Å²) in [4.78, 5) is 4.08. The molecular formula is C18H17F3N2. The zero-order chi connectivity index (χ0) is 16.9. The number of para-hydroxylation sites is 2. The summed E-state index contributed by atoms with van der Waals surface area (Å²) in [6.07, 6.45) is -2.38. The molecule has 0 bridgehead atoms. The average molecular weight is 318 g/mol. The SMILES string of the molecule is Cc1ccccc1N=C/C=C(/Nc1ccccc1C)C(F)(F)F. The zero-order valence-corrected chi connectivity index (χ0v) is 12.9. The maximum Gasteiger partial charge on any atom is 0.431 e. The van der Waals surface area contributed by atoms with Gasteiger partial charge < -0.3 is 5.32 Å². The molecule has 0 amide bonds. The summed E-state index contributed by atoms with van der Waals surface area (Å²) in [7, 11) is 0. The number of benzene rings is 2. The highest BCUT2D eigenvalue weighted by Crippen LogP contribution is 2.28. The van der Waals surface area contributed by atoms with Crippen LogP contribution in [0, 0.1) is 13.8 Å². The van der Waals surface area contributed by atoms with Crippen molar-refractivity contribution < 1.29 is 13.2 Å². The molecule has 0 fully saturated rings. The topological polar surface area (TPSA) is 24.4 Å². The van der Waals surface area contributed by atoms with Crippen LogP contribution >= 0.6 is 0 Å². The van der Waals surface area contributed by atoms with Crippen LogP contribution in [0.1, 0.15) is 11.1 Å². The molecular weight excluding hydrogens is 301 g/mol. The van der Waals surface area contributed by atoms with Crippen LogP contribution < -0.4 is 5.32 Å². The molecule has 0 unspecified atom stereocenters. The predicted molar refractivity (Wildman–Crippen MR) is 88.3 cm³/mol. The second-order valence-electron chi connectivity index (χ2n) is 5.08. The number of allylic oxidation sites excluding steroid dienone is 2. The number of hydrogen-bond donors (Lipinski definition) is 1. The number of alkyl halides is 3. The van der Waals surface area contributed by atoms with Crippen LogP contribution in [0.5, 0.6) is 0 Å². The van der Waals surface area contributed by atoms with Crippen molar-refractivity contribution in [2.24, 2.45) is 4.99 Å². The van der Waals surface area contributed by atoms with Crippen molar-refractivity contribution in [1.29, 1.82) is 0 Å². The first-order chi connectivity index (χ1) is 10.9. The third-order valence-corrected chi connectivity index (χ3v) is 3.29. The van der Waals surface area contributed by atoms with Gasteiger partial charge in [-0.05, 0) is 43.2 Å². The van der Waals surface area contributed by atoms with Crippen LogP contribution in [-0.4, -0.2) is 12.4 Å². The highest BCUT2D eigenvalue weighted by Gasteiger charge is 2.33. The van der Waals surface area contributed by atoms with Crippen molar-refractivity contribution in [1.82, 2.24) is 0 Å². The summed E-state index contributed by atoms with van der Waals surface area (Å²) >= 11 is 0. The standard InChI is InChI=1S/C18H17F3N2/c1-13-7-3-5-9-15(13)22-12-11-17(18(19,20)21)23-16-10-6-4-8-14(16)2/h3-12,23H,1-2H3/b17-11+,22-12?. The number of aryl methyl sites for hydroxylation is 2. The van der Waals surface area contributed by atoms with Gasteiger partial charge in [0, 0.05) is 11.9 Å². The molecule has 23 heavy (non-hydrogen) atoms. The van der Waals surface area contributed by atoms with Crippen LogP contribution in [-0.2, 0) is 0 Å². The summed E-state index contributed by atoms with van der Waals surface area (Å²) in [5.74, 6) is 0. The molecule has 2 rings (SSSR count). The minimum absolute atomic E-state index is 0.417. The fourth-order valence-corrected chi connectivity index (χ4v) is 1.97. The number of rotatable bonds is 4. The summed E-state index contributed by atoms with van der Waals surface area (Å²) < 4.78 is 39.5. The Morgan fingerprint density at radius 3 is 2.17 bits per heavy atom. The molecule has 0 aliphatic carbocycles. The lowest BCUT2D eigenvalue weighted by Gasteiger charge is -2.15. The zero-order valence-electron chi connectivity index (χ0n) is 12.9. The second kappa shape index (κ2) is 7.13. The Balaban J connectivity index is 2.26. The lowest BCUT2D eigenvalue weighted by Crippen LogP contribution is -2.19. The molecule has 0 atom stereocenters. The molecule has 0 aliphatic rings. The van der Waals surface area contributed by atoms with Crippen molar-refractivity contribution in [3.63, 3.8) is 0 Å². The third-order valence-electron chi connectivity index (χ3n) is 3.29. The number of aliphatic imine (C=N–C) groups is 1. The van der Waals surface area contributed by atoms with E-state index in [0.717, 1.165) is 23.4 Å². The Morgan fingerprint density at radius 2 is 1.57 bits per heavy atom. The molecule has 0 spiro atoms. The van der Waals surface area contributed by atoms with Crippen molar-refractivity contribution in [2.45, 2.75) is 20.0 Å². The predicted octanol–water partition coefficient (Wildman–Crippen LogP) is 5.56. The van der Waals surface area contributed by atoms with Gasteiger partial charge in [-0.2, -0.15) is 13.2 Å². The molecule has 1 N–H and O–H groups in total. The van der Waals surface area contributed by atoms with E-state index in [-0.39, 0.29) is 0 Å². The van der Waals surface area contributed by atoms with E-state index in [0.29, 0.717) is 11.4 Å². The van der Waals surface area contributed by atoms with Crippen molar-refractivity contribution in [2.75, 3.05) is 5.32 Å². The maximum absolute atomic E-state index is 13.2. The molecule has 0 heterocycles. The van der Waals surface area contributed by atoms with E-state index in [2.05, 4.69) is 10.3 Å². The van der Waals surface area contributed by atoms with Gasteiger partial charge in [0.15, 0.2) is 0 Å². The van der Waals surface area contributed by atoms with E-state index < -0.39 is 11.9 Å². The molecule has 0 radical (unpaired) electrons. The number of anilines is 1. The molecule has 0 aliphatic heterocycles. The normalized spacial score (nSPS) is 12.7. The number of hydrogen-bond acceptors (Lipinski definition) is 2. The monoisotopic (exact) mass is 318 g/mol. The van der Waals surface area contributed by atoms with Crippen LogP contribution in [0.15, 0.2) is 65.3 Å². The first-order valence-corrected chi connectivity index (χ1v) is 7.08. The lowest BCUT2D eigenvalue weighted by molar-refractivity contribution is -0.0901. The Bertz CT molecular complexity index is 731. The van der Waals surface area contributed by atoms with Crippen LogP contribution in [0.2, 0.25) is 0 Å². The lowest BCUT2D eigenvalue weighted by atomic mass is 10.2. The Morgan fingerprint density at radius 1 is 0.957 bits per heavy atom. The van der Waals surface area contributed by atoms with E-state index in [4.69, 9.17) is 0 Å². The van der Waals surface area contributed by atoms with Gasteiger partial charge in [-0.3, -0.25) is 4.99 Å². The Kier molecular flexibility index (Phi) is 5.21. The van der Waals surface area contributed by atoms with Crippen molar-refractivity contribution in [3.05, 3.63) is 71.4 Å². The largest absolute Gasteiger partial charge is 0.431 e. The van der Waals surface area contributed by atoms with E-state index >= 15 is 0 Å². The van der Waals surface area contributed by atoms with E-state index in [1.54, 1.807) is 43.3 Å². The molecule has 2 aromatic rings. The number of halogens is 3. The fraction of sp³-hybridized carbons (Fsp3) is 0.167. The average Bonchev–Trinajstić information content (AvgIpc) is 2.49. The minimum Gasteiger partial charge on any atom is -0.351 e. The molecule has 0 saturated carbocycles. The van der Waals surface area contributed by atoms with Gasteiger partial charge in [-0.1, -0.05) is 36.4 Å². The second-order valence-corrected chi connectivity index (χ2v) is 5.08. The maximum atomic E-state index is 13.2. The van der Waals surface area contributed by atoms with E-state index in [1.807, 2.05) is 19.1 Å². The molecule has 120 valence electrons. The summed E-state index contributed by atoms with van der Waals surface area (Å²) in [6.45, 7) is 3.60. The third kappa shape index (κ3) is 4.71. The number of nitrogens with zero attached hydrogens (tertiary/aromatic N) is 1. The van der Waals surface area contributed by atoms with Gasteiger partial charge in [0.25, 0.3) is 0 Å².